The van der Waals surface area contributed by atoms with E-state index in [-0.39, 0.29) is 6.10 Å². The second-order valence-corrected chi connectivity index (χ2v) is 3.77. The third-order valence-electron chi connectivity index (χ3n) is 2.09. The van der Waals surface area contributed by atoms with Gasteiger partial charge in [0.05, 0.1) is 6.10 Å². The van der Waals surface area contributed by atoms with Gasteiger partial charge in [0.15, 0.2) is 0 Å². The Balaban J connectivity index is 2.44. The molecule has 1 rings (SSSR count). The number of rotatable bonds is 4. The lowest BCUT2D eigenvalue weighted by molar-refractivity contribution is 0.159. The maximum Gasteiger partial charge on any atom is 0.0805 e. The zero-order valence-corrected chi connectivity index (χ0v) is 8.27. The molecule has 0 aliphatic carbocycles. The van der Waals surface area contributed by atoms with Gasteiger partial charge in [-0.3, -0.25) is 4.98 Å². The molecule has 1 unspecified atom stereocenters. The van der Waals surface area contributed by atoms with Gasteiger partial charge in [0, 0.05) is 12.4 Å². The maximum atomic E-state index is 9.73. The van der Waals surface area contributed by atoms with E-state index in [1.807, 2.05) is 12.1 Å². The van der Waals surface area contributed by atoms with Gasteiger partial charge in [-0.2, -0.15) is 0 Å². The zero-order valence-electron chi connectivity index (χ0n) is 8.27. The van der Waals surface area contributed by atoms with Gasteiger partial charge in [0.1, 0.15) is 0 Å². The Morgan fingerprint density at radius 3 is 2.69 bits per heavy atom. The third kappa shape index (κ3) is 3.55. The Labute approximate surface area is 79.6 Å². The first-order valence-electron chi connectivity index (χ1n) is 4.78. The van der Waals surface area contributed by atoms with Crippen LogP contribution in [0.15, 0.2) is 24.5 Å². The molecular formula is C11H17NO. The average Bonchev–Trinajstić information content (AvgIpc) is 2.15. The van der Waals surface area contributed by atoms with Crippen LogP contribution in [0.2, 0.25) is 0 Å². The molecule has 0 aromatic carbocycles. The molecule has 0 saturated carbocycles. The van der Waals surface area contributed by atoms with Crippen LogP contribution in [0.4, 0.5) is 0 Å². The predicted octanol–water partition coefficient (Wildman–Crippen LogP) is 2.55. The van der Waals surface area contributed by atoms with Crippen molar-refractivity contribution in [1.29, 1.82) is 0 Å². The molecule has 72 valence electrons. The van der Waals surface area contributed by atoms with Crippen LogP contribution in [0.3, 0.4) is 0 Å². The Hall–Kier alpha value is -0.890. The van der Waals surface area contributed by atoms with Crippen molar-refractivity contribution in [2.45, 2.75) is 32.8 Å². The highest BCUT2D eigenvalue weighted by molar-refractivity contribution is 5.11. The lowest BCUT2D eigenvalue weighted by atomic mass is 10.0. The second-order valence-electron chi connectivity index (χ2n) is 3.77. The van der Waals surface area contributed by atoms with Crippen LogP contribution in [-0.4, -0.2) is 10.1 Å². The molecule has 1 heterocycles. The Kier molecular flexibility index (Phi) is 3.90. The van der Waals surface area contributed by atoms with E-state index in [0.717, 1.165) is 18.4 Å². The first-order chi connectivity index (χ1) is 6.20. The molecule has 0 aliphatic rings. The number of aliphatic hydroxyl groups is 1. The molecule has 0 radical (unpaired) electrons. The molecular weight excluding hydrogens is 162 g/mol. The number of nitrogens with zero attached hydrogens (tertiary/aromatic N) is 1. The van der Waals surface area contributed by atoms with Crippen molar-refractivity contribution in [3.63, 3.8) is 0 Å². The van der Waals surface area contributed by atoms with E-state index in [9.17, 15) is 5.11 Å². The van der Waals surface area contributed by atoms with Crippen LogP contribution in [0.1, 0.15) is 38.4 Å². The quantitative estimate of drug-likeness (QED) is 0.770. The normalized spacial score (nSPS) is 13.2. The fourth-order valence-corrected chi connectivity index (χ4v) is 1.23. The fraction of sp³-hybridized carbons (Fsp3) is 0.545. The van der Waals surface area contributed by atoms with E-state index in [4.69, 9.17) is 0 Å². The van der Waals surface area contributed by atoms with Crippen molar-refractivity contribution < 1.29 is 5.11 Å². The number of pyridine rings is 1. The van der Waals surface area contributed by atoms with Crippen molar-refractivity contribution in [3.8, 4) is 0 Å². The largest absolute Gasteiger partial charge is 0.388 e. The molecule has 1 N–H and O–H groups in total. The Bertz CT molecular complexity index is 233. The van der Waals surface area contributed by atoms with E-state index in [0.29, 0.717) is 5.92 Å². The van der Waals surface area contributed by atoms with Gasteiger partial charge in [-0.05, 0) is 30.4 Å². The summed E-state index contributed by atoms with van der Waals surface area (Å²) in [7, 11) is 0. The second kappa shape index (κ2) is 4.97. The highest BCUT2D eigenvalue weighted by Gasteiger charge is 2.07. The SMILES string of the molecule is CC(C)CCC(O)c1cccnc1. The van der Waals surface area contributed by atoms with Crippen molar-refractivity contribution >= 4 is 0 Å². The highest BCUT2D eigenvalue weighted by Crippen LogP contribution is 2.19. The maximum absolute atomic E-state index is 9.73. The monoisotopic (exact) mass is 179 g/mol. The van der Waals surface area contributed by atoms with Gasteiger partial charge in [0.2, 0.25) is 0 Å². The topological polar surface area (TPSA) is 33.1 Å². The van der Waals surface area contributed by atoms with E-state index in [2.05, 4.69) is 18.8 Å². The lowest BCUT2D eigenvalue weighted by Crippen LogP contribution is -1.99. The molecule has 13 heavy (non-hydrogen) atoms. The van der Waals surface area contributed by atoms with Gasteiger partial charge < -0.3 is 5.11 Å². The summed E-state index contributed by atoms with van der Waals surface area (Å²) in [6.45, 7) is 4.33. The molecule has 0 amide bonds. The lowest BCUT2D eigenvalue weighted by Gasteiger charge is -2.11. The third-order valence-corrected chi connectivity index (χ3v) is 2.09. The number of aliphatic hydroxyl groups excluding tert-OH is 1. The van der Waals surface area contributed by atoms with Crippen molar-refractivity contribution in [3.05, 3.63) is 30.1 Å². The van der Waals surface area contributed by atoms with Crippen LogP contribution in [0, 0.1) is 5.92 Å². The molecule has 0 bridgehead atoms. The first kappa shape index (κ1) is 10.2. The van der Waals surface area contributed by atoms with E-state index in [1.54, 1.807) is 12.4 Å². The average molecular weight is 179 g/mol. The van der Waals surface area contributed by atoms with E-state index >= 15 is 0 Å². The summed E-state index contributed by atoms with van der Waals surface area (Å²) in [5, 5.41) is 9.73. The minimum atomic E-state index is -0.351. The summed E-state index contributed by atoms with van der Waals surface area (Å²) in [4.78, 5) is 3.97. The fourth-order valence-electron chi connectivity index (χ4n) is 1.23. The van der Waals surface area contributed by atoms with Crippen LogP contribution in [-0.2, 0) is 0 Å². The molecule has 2 nitrogen and oxygen atoms in total. The van der Waals surface area contributed by atoms with Crippen LogP contribution in [0.25, 0.3) is 0 Å². The van der Waals surface area contributed by atoms with Gasteiger partial charge in [0.25, 0.3) is 0 Å². The molecule has 2 heteroatoms. The predicted molar refractivity (Wildman–Crippen MR) is 53.3 cm³/mol. The van der Waals surface area contributed by atoms with E-state index < -0.39 is 0 Å². The minimum absolute atomic E-state index is 0.351. The Morgan fingerprint density at radius 2 is 2.15 bits per heavy atom. The molecule has 0 aliphatic heterocycles. The van der Waals surface area contributed by atoms with Crippen LogP contribution in [0.5, 0.6) is 0 Å². The molecule has 0 saturated heterocycles. The smallest absolute Gasteiger partial charge is 0.0805 e. The van der Waals surface area contributed by atoms with Crippen LogP contribution >= 0.6 is 0 Å². The molecule has 1 aromatic heterocycles. The van der Waals surface area contributed by atoms with Gasteiger partial charge in [-0.15, -0.1) is 0 Å². The van der Waals surface area contributed by atoms with Crippen molar-refractivity contribution in [2.75, 3.05) is 0 Å². The zero-order chi connectivity index (χ0) is 9.68. The summed E-state index contributed by atoms with van der Waals surface area (Å²) in [6, 6.07) is 3.77. The summed E-state index contributed by atoms with van der Waals surface area (Å²) >= 11 is 0. The highest BCUT2D eigenvalue weighted by atomic mass is 16.3. The Morgan fingerprint density at radius 1 is 1.38 bits per heavy atom. The summed E-state index contributed by atoms with van der Waals surface area (Å²) < 4.78 is 0. The summed E-state index contributed by atoms with van der Waals surface area (Å²) in [5.74, 6) is 0.645. The van der Waals surface area contributed by atoms with Gasteiger partial charge in [-0.25, -0.2) is 0 Å². The standard InChI is InChI=1S/C11H17NO/c1-9(2)5-6-11(13)10-4-3-7-12-8-10/h3-4,7-9,11,13H,5-6H2,1-2H3. The van der Waals surface area contributed by atoms with Crippen molar-refractivity contribution in [1.82, 2.24) is 4.98 Å². The first-order valence-corrected chi connectivity index (χ1v) is 4.78. The minimum Gasteiger partial charge on any atom is -0.388 e. The molecule has 1 aromatic rings. The van der Waals surface area contributed by atoms with Crippen LogP contribution < -0.4 is 0 Å². The summed E-state index contributed by atoms with van der Waals surface area (Å²) in [6.07, 6.45) is 4.97. The molecule has 0 spiro atoms. The number of hydrogen-bond acceptors (Lipinski definition) is 2. The number of aromatic nitrogens is 1. The summed E-state index contributed by atoms with van der Waals surface area (Å²) in [5.41, 5.74) is 0.920. The van der Waals surface area contributed by atoms with Crippen molar-refractivity contribution in [2.24, 2.45) is 5.92 Å². The molecule has 1 atom stereocenters. The van der Waals surface area contributed by atoms with Gasteiger partial charge in [-0.1, -0.05) is 19.9 Å². The number of hydrogen-bond donors (Lipinski definition) is 1. The van der Waals surface area contributed by atoms with E-state index in [1.165, 1.54) is 0 Å². The molecule has 0 fully saturated rings. The van der Waals surface area contributed by atoms with Gasteiger partial charge >= 0.3 is 0 Å².